The van der Waals surface area contributed by atoms with Crippen LogP contribution >= 0.6 is 0 Å². The van der Waals surface area contributed by atoms with Crippen LogP contribution in [0.4, 0.5) is 0 Å². The second kappa shape index (κ2) is 6.06. The molecule has 0 spiro atoms. The third-order valence-corrected chi connectivity index (χ3v) is 3.93. The van der Waals surface area contributed by atoms with E-state index in [9.17, 15) is 5.11 Å². The van der Waals surface area contributed by atoms with Gasteiger partial charge in [0.15, 0.2) is 0 Å². The Hall–Kier alpha value is -1.02. The minimum absolute atomic E-state index is 0.276. The smallest absolute Gasteiger partial charge is 0.119 e. The fourth-order valence-corrected chi connectivity index (χ4v) is 3.05. The van der Waals surface area contributed by atoms with Gasteiger partial charge in [-0.05, 0) is 48.8 Å². The van der Waals surface area contributed by atoms with E-state index < -0.39 is 0 Å². The molecule has 94 valence electrons. The molecule has 0 heterocycles. The fraction of sp³-hybridized carbons (Fsp3) is 0.600. The summed E-state index contributed by atoms with van der Waals surface area (Å²) in [6, 6.07) is 8.32. The summed E-state index contributed by atoms with van der Waals surface area (Å²) in [6.07, 6.45) is 6.18. The van der Waals surface area contributed by atoms with E-state index in [2.05, 4.69) is 12.1 Å². The number of hydrogen-bond acceptors (Lipinski definition) is 2. The van der Waals surface area contributed by atoms with Gasteiger partial charge in [0.1, 0.15) is 5.75 Å². The average molecular weight is 234 g/mol. The van der Waals surface area contributed by atoms with Crippen LogP contribution in [0.3, 0.4) is 0 Å². The molecule has 1 aromatic rings. The van der Waals surface area contributed by atoms with Crippen LogP contribution in [0, 0.1) is 5.92 Å². The Labute approximate surface area is 104 Å². The zero-order chi connectivity index (χ0) is 12.1. The van der Waals surface area contributed by atoms with Crippen LogP contribution in [-0.4, -0.2) is 18.8 Å². The van der Waals surface area contributed by atoms with Crippen molar-refractivity contribution in [1.82, 2.24) is 0 Å². The molecule has 2 heteroatoms. The summed E-state index contributed by atoms with van der Waals surface area (Å²) in [5.74, 6) is 2.16. The molecule has 1 N–H and O–H groups in total. The largest absolute Gasteiger partial charge is 0.497 e. The lowest BCUT2D eigenvalue weighted by Gasteiger charge is -2.23. The maximum Gasteiger partial charge on any atom is 0.119 e. The van der Waals surface area contributed by atoms with E-state index in [4.69, 9.17) is 4.74 Å². The van der Waals surface area contributed by atoms with Crippen molar-refractivity contribution in [3.63, 3.8) is 0 Å². The summed E-state index contributed by atoms with van der Waals surface area (Å²) in [4.78, 5) is 0. The van der Waals surface area contributed by atoms with Crippen LogP contribution in [0.15, 0.2) is 24.3 Å². The maximum atomic E-state index is 9.25. The highest BCUT2D eigenvalue weighted by Gasteiger charge is 2.26. The van der Waals surface area contributed by atoms with Gasteiger partial charge in [-0.1, -0.05) is 25.0 Å². The van der Waals surface area contributed by atoms with E-state index in [1.54, 1.807) is 7.11 Å². The average Bonchev–Trinajstić information content (AvgIpc) is 2.89. The Balaban J connectivity index is 2.18. The topological polar surface area (TPSA) is 29.5 Å². The van der Waals surface area contributed by atoms with Crippen molar-refractivity contribution < 1.29 is 9.84 Å². The van der Waals surface area contributed by atoms with E-state index in [1.165, 1.54) is 31.2 Å². The SMILES string of the molecule is COc1cccc(C(CCO)C2CCCC2)c1. The molecule has 0 aliphatic heterocycles. The molecule has 0 saturated heterocycles. The fourth-order valence-electron chi connectivity index (χ4n) is 3.05. The van der Waals surface area contributed by atoms with E-state index in [-0.39, 0.29) is 6.61 Å². The van der Waals surface area contributed by atoms with Crippen molar-refractivity contribution in [3.8, 4) is 5.75 Å². The first kappa shape index (κ1) is 12.4. The molecule has 1 aliphatic rings. The molecular weight excluding hydrogens is 212 g/mol. The molecule has 1 unspecified atom stereocenters. The lowest BCUT2D eigenvalue weighted by molar-refractivity contribution is 0.254. The highest BCUT2D eigenvalue weighted by atomic mass is 16.5. The van der Waals surface area contributed by atoms with E-state index in [0.717, 1.165) is 18.1 Å². The Morgan fingerprint density at radius 3 is 2.76 bits per heavy atom. The van der Waals surface area contributed by atoms with E-state index >= 15 is 0 Å². The van der Waals surface area contributed by atoms with Gasteiger partial charge in [-0.15, -0.1) is 0 Å². The van der Waals surface area contributed by atoms with Crippen molar-refractivity contribution >= 4 is 0 Å². The normalized spacial score (nSPS) is 18.2. The van der Waals surface area contributed by atoms with Crippen LogP contribution < -0.4 is 4.74 Å². The number of hydrogen-bond donors (Lipinski definition) is 1. The molecule has 1 saturated carbocycles. The van der Waals surface area contributed by atoms with Crippen molar-refractivity contribution in [2.75, 3.05) is 13.7 Å². The molecule has 0 radical (unpaired) electrons. The maximum absolute atomic E-state index is 9.25. The molecule has 1 fully saturated rings. The van der Waals surface area contributed by atoms with Gasteiger partial charge in [0, 0.05) is 6.61 Å². The van der Waals surface area contributed by atoms with Gasteiger partial charge in [-0.3, -0.25) is 0 Å². The van der Waals surface area contributed by atoms with Gasteiger partial charge in [0.05, 0.1) is 7.11 Å². The Kier molecular flexibility index (Phi) is 4.43. The lowest BCUT2D eigenvalue weighted by Crippen LogP contribution is -2.11. The number of methoxy groups -OCH3 is 1. The highest BCUT2D eigenvalue weighted by Crippen LogP contribution is 2.39. The first-order valence-corrected chi connectivity index (χ1v) is 6.60. The highest BCUT2D eigenvalue weighted by molar-refractivity contribution is 5.31. The van der Waals surface area contributed by atoms with Crippen molar-refractivity contribution in [2.24, 2.45) is 5.92 Å². The van der Waals surface area contributed by atoms with Crippen LogP contribution in [0.25, 0.3) is 0 Å². The lowest BCUT2D eigenvalue weighted by atomic mass is 9.82. The molecule has 17 heavy (non-hydrogen) atoms. The summed E-state index contributed by atoms with van der Waals surface area (Å²) in [7, 11) is 1.70. The summed E-state index contributed by atoms with van der Waals surface area (Å²) in [5.41, 5.74) is 1.32. The van der Waals surface area contributed by atoms with Crippen LogP contribution in [0.5, 0.6) is 5.75 Å². The van der Waals surface area contributed by atoms with Crippen molar-refractivity contribution in [3.05, 3.63) is 29.8 Å². The predicted molar refractivity (Wildman–Crippen MR) is 69.4 cm³/mol. The molecule has 1 atom stereocenters. The minimum atomic E-state index is 0.276. The number of benzene rings is 1. The van der Waals surface area contributed by atoms with Crippen LogP contribution in [0.1, 0.15) is 43.6 Å². The predicted octanol–water partition coefficient (Wildman–Crippen LogP) is 3.35. The van der Waals surface area contributed by atoms with Gasteiger partial charge in [0.2, 0.25) is 0 Å². The molecule has 0 amide bonds. The summed E-state index contributed by atoms with van der Waals surface area (Å²) in [6.45, 7) is 0.276. The van der Waals surface area contributed by atoms with Gasteiger partial charge in [-0.2, -0.15) is 0 Å². The van der Waals surface area contributed by atoms with Gasteiger partial charge < -0.3 is 9.84 Å². The molecule has 2 nitrogen and oxygen atoms in total. The van der Waals surface area contributed by atoms with Crippen LogP contribution in [0.2, 0.25) is 0 Å². The van der Waals surface area contributed by atoms with Gasteiger partial charge in [0.25, 0.3) is 0 Å². The van der Waals surface area contributed by atoms with Crippen molar-refractivity contribution in [2.45, 2.75) is 38.0 Å². The number of ether oxygens (including phenoxy) is 1. The molecule has 2 rings (SSSR count). The Morgan fingerprint density at radius 1 is 1.35 bits per heavy atom. The first-order chi connectivity index (χ1) is 8.35. The van der Waals surface area contributed by atoms with Crippen molar-refractivity contribution in [1.29, 1.82) is 0 Å². The van der Waals surface area contributed by atoms with E-state index in [0.29, 0.717) is 5.92 Å². The zero-order valence-corrected chi connectivity index (χ0v) is 10.6. The molecular formula is C15H22O2. The third kappa shape index (κ3) is 3.01. The second-order valence-corrected chi connectivity index (χ2v) is 4.94. The van der Waals surface area contributed by atoms with E-state index in [1.807, 2.05) is 12.1 Å². The summed E-state index contributed by atoms with van der Waals surface area (Å²) in [5, 5.41) is 9.25. The molecule has 0 aromatic heterocycles. The second-order valence-electron chi connectivity index (χ2n) is 4.94. The molecule has 1 aromatic carbocycles. The first-order valence-electron chi connectivity index (χ1n) is 6.60. The number of aliphatic hydroxyl groups is 1. The minimum Gasteiger partial charge on any atom is -0.497 e. The van der Waals surface area contributed by atoms with Gasteiger partial charge in [-0.25, -0.2) is 0 Å². The standard InChI is InChI=1S/C15H22O2/c1-17-14-8-4-7-13(11-14)15(9-10-16)12-5-2-3-6-12/h4,7-8,11-12,15-16H,2-3,5-6,9-10H2,1H3. The number of rotatable bonds is 5. The number of aliphatic hydroxyl groups excluding tert-OH is 1. The Bertz CT molecular complexity index is 343. The quantitative estimate of drug-likeness (QED) is 0.846. The third-order valence-electron chi connectivity index (χ3n) is 3.93. The Morgan fingerprint density at radius 2 is 2.12 bits per heavy atom. The van der Waals surface area contributed by atoms with Gasteiger partial charge >= 0.3 is 0 Å². The molecule has 0 bridgehead atoms. The molecule has 1 aliphatic carbocycles. The summed E-state index contributed by atoms with van der Waals surface area (Å²) < 4.78 is 5.28. The monoisotopic (exact) mass is 234 g/mol. The zero-order valence-electron chi connectivity index (χ0n) is 10.6. The van der Waals surface area contributed by atoms with Crippen LogP contribution in [-0.2, 0) is 0 Å². The summed E-state index contributed by atoms with van der Waals surface area (Å²) >= 11 is 0.